The molecule has 2 amide bonds. The molecular weight excluding hydrogens is 438 g/mol. The Kier molecular flexibility index (Phi) is 4.84. The number of aromatic nitrogens is 3. The summed E-state index contributed by atoms with van der Waals surface area (Å²) in [5, 5.41) is 17.9. The van der Waals surface area contributed by atoms with E-state index in [4.69, 9.17) is 4.74 Å². The van der Waals surface area contributed by atoms with Crippen molar-refractivity contribution in [1.82, 2.24) is 24.4 Å². The molecule has 2 saturated carbocycles. The van der Waals surface area contributed by atoms with E-state index in [1.807, 2.05) is 0 Å². The van der Waals surface area contributed by atoms with Gasteiger partial charge in [0.1, 0.15) is 5.65 Å². The molecule has 10 heteroatoms. The maximum absolute atomic E-state index is 13.5. The van der Waals surface area contributed by atoms with Crippen molar-refractivity contribution in [3.8, 4) is 5.88 Å². The number of hydrogen-bond donors (Lipinski definition) is 2. The van der Waals surface area contributed by atoms with Gasteiger partial charge >= 0.3 is 0 Å². The van der Waals surface area contributed by atoms with Gasteiger partial charge in [-0.05, 0) is 50.0 Å². The minimum Gasteiger partial charge on any atom is -0.492 e. The molecule has 2 atom stereocenters. The zero-order valence-electron chi connectivity index (χ0n) is 19.2. The number of likely N-dealkylation sites (tertiary alicyclic amines) is 1. The third-order valence-corrected chi connectivity index (χ3v) is 7.45. The monoisotopic (exact) mass is 467 g/mol. The van der Waals surface area contributed by atoms with E-state index in [2.05, 4.69) is 17.3 Å². The lowest BCUT2D eigenvalue weighted by Gasteiger charge is -2.31. The van der Waals surface area contributed by atoms with Crippen molar-refractivity contribution in [1.29, 1.82) is 0 Å². The fraction of sp³-hybridized carbons (Fsp3) is 0.583. The zero-order valence-corrected chi connectivity index (χ0v) is 19.2. The van der Waals surface area contributed by atoms with Crippen molar-refractivity contribution in [2.75, 3.05) is 13.1 Å². The van der Waals surface area contributed by atoms with Crippen LogP contribution in [0.4, 0.5) is 0 Å². The normalized spacial score (nSPS) is 25.3. The van der Waals surface area contributed by atoms with Crippen LogP contribution in [0.3, 0.4) is 0 Å². The maximum atomic E-state index is 13.5. The van der Waals surface area contributed by atoms with E-state index in [0.29, 0.717) is 30.8 Å². The molecular formula is C24H29N5O5. The second-order valence-corrected chi connectivity index (χ2v) is 10.5. The molecule has 2 saturated heterocycles. The lowest BCUT2D eigenvalue weighted by atomic mass is 10.1. The van der Waals surface area contributed by atoms with Crippen molar-refractivity contribution in [3.63, 3.8) is 0 Å². The zero-order chi connectivity index (χ0) is 23.6. The molecule has 4 fully saturated rings. The average Bonchev–Trinajstić information content (AvgIpc) is 3.69. The predicted molar refractivity (Wildman–Crippen MR) is 122 cm³/mol. The van der Waals surface area contributed by atoms with E-state index >= 15 is 0 Å². The number of carbonyl (C=O) groups is 2. The number of fused-ring (bicyclic) bond motifs is 3. The highest BCUT2D eigenvalue weighted by atomic mass is 16.5. The molecule has 4 aliphatic rings. The first-order valence-electron chi connectivity index (χ1n) is 12.1. The molecule has 6 rings (SSSR count). The number of nitrogens with zero attached hydrogens (tertiary/aromatic N) is 4. The number of nitrogens with one attached hydrogen (secondary N) is 1. The van der Waals surface area contributed by atoms with Crippen LogP contribution in [0.5, 0.6) is 5.88 Å². The smallest absolute Gasteiger partial charge is 0.270 e. The predicted octanol–water partition coefficient (Wildman–Crippen LogP) is 1.30. The summed E-state index contributed by atoms with van der Waals surface area (Å²) in [6, 6.07) is 0.0500. The molecule has 2 aromatic rings. The van der Waals surface area contributed by atoms with Gasteiger partial charge in [0, 0.05) is 37.3 Å². The van der Waals surface area contributed by atoms with Crippen molar-refractivity contribution in [2.45, 2.75) is 70.2 Å². The van der Waals surface area contributed by atoms with Gasteiger partial charge in [0.25, 0.3) is 11.5 Å². The highest BCUT2D eigenvalue weighted by Crippen LogP contribution is 2.46. The van der Waals surface area contributed by atoms with Crippen LogP contribution in [0.1, 0.15) is 61.4 Å². The quantitative estimate of drug-likeness (QED) is 0.619. The van der Waals surface area contributed by atoms with Gasteiger partial charge in [-0.25, -0.2) is 0 Å². The third-order valence-electron chi connectivity index (χ3n) is 7.45. The Morgan fingerprint density at radius 1 is 1.24 bits per heavy atom. The van der Waals surface area contributed by atoms with Crippen LogP contribution in [0, 0.1) is 5.41 Å². The highest BCUT2D eigenvalue weighted by molar-refractivity contribution is 5.97. The van der Waals surface area contributed by atoms with E-state index < -0.39 is 17.3 Å². The summed E-state index contributed by atoms with van der Waals surface area (Å²) in [7, 11) is 0. The molecule has 34 heavy (non-hydrogen) atoms. The molecule has 2 aromatic heterocycles. The van der Waals surface area contributed by atoms with Crippen molar-refractivity contribution in [2.24, 2.45) is 5.41 Å². The molecule has 2 unspecified atom stereocenters. The number of ether oxygens (including phenoxy) is 1. The number of hydrogen-bond acceptors (Lipinski definition) is 6. The average molecular weight is 468 g/mol. The molecule has 2 N–H and O–H groups in total. The molecule has 10 nitrogen and oxygen atoms in total. The van der Waals surface area contributed by atoms with E-state index in [1.54, 1.807) is 11.0 Å². The highest BCUT2D eigenvalue weighted by Gasteiger charge is 2.40. The van der Waals surface area contributed by atoms with Crippen LogP contribution in [0.25, 0.3) is 11.7 Å². The van der Waals surface area contributed by atoms with Gasteiger partial charge in [-0.2, -0.15) is 9.61 Å². The second kappa shape index (κ2) is 7.69. The standard InChI is InChI=1S/C24H29N5O5/c1-24(8-9-24)13-28-21-14(2-7-18(30)27-11-16-5-6-17(12-27)34-16)10-25-29(21)23(33)19(22(28)32)20(31)26-15-3-4-15/h2,7,10,15-17,33H,3-6,8-9,11-13H2,1H3,(H,26,31)/b7-2+. The number of morpholine rings is 1. The Balaban J connectivity index is 1.37. The Hall–Kier alpha value is -3.14. The fourth-order valence-electron chi connectivity index (χ4n) is 4.98. The second-order valence-electron chi connectivity index (χ2n) is 10.5. The first-order valence-corrected chi connectivity index (χ1v) is 12.1. The van der Waals surface area contributed by atoms with Gasteiger partial charge in [-0.1, -0.05) is 6.92 Å². The summed E-state index contributed by atoms with van der Waals surface area (Å²) >= 11 is 0. The summed E-state index contributed by atoms with van der Waals surface area (Å²) < 4.78 is 8.57. The minimum atomic E-state index is -0.577. The van der Waals surface area contributed by atoms with Crippen LogP contribution in [-0.2, 0) is 16.1 Å². The van der Waals surface area contributed by atoms with Gasteiger partial charge in [-0.3, -0.25) is 19.0 Å². The van der Waals surface area contributed by atoms with Crippen LogP contribution in [-0.4, -0.2) is 67.3 Å². The van der Waals surface area contributed by atoms with Crippen LogP contribution in [0.15, 0.2) is 17.1 Å². The molecule has 180 valence electrons. The number of amides is 2. The number of aromatic hydroxyl groups is 1. The molecule has 4 heterocycles. The summed E-state index contributed by atoms with van der Waals surface area (Å²) in [5.41, 5.74) is 0.0457. The number of rotatable bonds is 6. The van der Waals surface area contributed by atoms with Crippen molar-refractivity contribution >= 4 is 23.5 Å². The van der Waals surface area contributed by atoms with Crippen molar-refractivity contribution < 1.29 is 19.4 Å². The molecule has 2 aliphatic heterocycles. The van der Waals surface area contributed by atoms with Crippen molar-refractivity contribution in [3.05, 3.63) is 33.8 Å². The van der Waals surface area contributed by atoms with E-state index in [9.17, 15) is 19.5 Å². The van der Waals surface area contributed by atoms with Gasteiger partial charge in [0.15, 0.2) is 5.56 Å². The lowest BCUT2D eigenvalue weighted by Crippen LogP contribution is -2.45. The van der Waals surface area contributed by atoms with Gasteiger partial charge < -0.3 is 20.1 Å². The minimum absolute atomic E-state index is 0.0420. The molecule has 2 aliphatic carbocycles. The number of carbonyl (C=O) groups excluding carboxylic acids is 2. The maximum Gasteiger partial charge on any atom is 0.270 e. The van der Waals surface area contributed by atoms with Gasteiger partial charge in [0.2, 0.25) is 11.8 Å². The Morgan fingerprint density at radius 3 is 2.59 bits per heavy atom. The lowest BCUT2D eigenvalue weighted by molar-refractivity contribution is -0.134. The third kappa shape index (κ3) is 3.79. The Morgan fingerprint density at radius 2 is 1.94 bits per heavy atom. The van der Waals surface area contributed by atoms with E-state index in [0.717, 1.165) is 38.5 Å². The van der Waals surface area contributed by atoms with Crippen LogP contribution < -0.4 is 10.9 Å². The Bertz CT molecular complexity index is 1260. The Labute approximate surface area is 196 Å². The summed E-state index contributed by atoms with van der Waals surface area (Å²) in [6.45, 7) is 3.66. The van der Waals surface area contributed by atoms with Crippen LogP contribution >= 0.6 is 0 Å². The molecule has 2 bridgehead atoms. The first-order chi connectivity index (χ1) is 16.3. The fourth-order valence-corrected chi connectivity index (χ4v) is 4.98. The topological polar surface area (TPSA) is 118 Å². The first kappa shape index (κ1) is 21.4. The summed E-state index contributed by atoms with van der Waals surface area (Å²) in [5.74, 6) is -1.18. The summed E-state index contributed by atoms with van der Waals surface area (Å²) in [6.07, 6.45) is 10.5. The largest absolute Gasteiger partial charge is 0.492 e. The van der Waals surface area contributed by atoms with E-state index in [1.165, 1.54) is 21.4 Å². The van der Waals surface area contributed by atoms with E-state index in [-0.39, 0.29) is 35.1 Å². The summed E-state index contributed by atoms with van der Waals surface area (Å²) in [4.78, 5) is 40.9. The molecule has 0 radical (unpaired) electrons. The van der Waals surface area contributed by atoms with Gasteiger partial charge in [0.05, 0.1) is 18.4 Å². The SMILES string of the molecule is CC1(Cn2c(=O)c(C(=O)NC3CC3)c(O)n3ncc(/C=C/C(=O)N4CC5CCC(C4)O5)c23)CC1. The molecule has 0 spiro atoms. The van der Waals surface area contributed by atoms with Crippen LogP contribution in [0.2, 0.25) is 0 Å². The van der Waals surface area contributed by atoms with Gasteiger partial charge in [-0.15, -0.1) is 0 Å². The molecule has 0 aromatic carbocycles.